The Morgan fingerprint density at radius 2 is 1.81 bits per heavy atom. The van der Waals surface area contributed by atoms with Crippen molar-refractivity contribution < 1.29 is 19.0 Å². The van der Waals surface area contributed by atoms with Gasteiger partial charge in [0, 0.05) is 17.1 Å². The van der Waals surface area contributed by atoms with Gasteiger partial charge in [-0.15, -0.1) is 10.2 Å². The van der Waals surface area contributed by atoms with Gasteiger partial charge in [-0.2, -0.15) is 0 Å². The summed E-state index contributed by atoms with van der Waals surface area (Å²) in [6, 6.07) is 23.6. The minimum Gasteiger partial charge on any atom is -0.485 e. The molecule has 1 atom stereocenters. The Kier molecular flexibility index (Phi) is 6.53. The quantitative estimate of drug-likeness (QED) is 0.302. The highest BCUT2D eigenvalue weighted by Gasteiger charge is 2.34. The monoisotopic (exact) mass is 560 g/mol. The van der Waals surface area contributed by atoms with Crippen LogP contribution < -0.4 is 14.2 Å². The zero-order chi connectivity index (χ0) is 25.2. The summed E-state index contributed by atoms with van der Waals surface area (Å²) in [4.78, 5) is 15.8. The summed E-state index contributed by atoms with van der Waals surface area (Å²) in [6.45, 7) is 1.50. The van der Waals surface area contributed by atoms with E-state index in [-0.39, 0.29) is 25.3 Å². The molecule has 0 unspecified atom stereocenters. The van der Waals surface area contributed by atoms with E-state index in [1.807, 2.05) is 64.1 Å². The molecule has 1 aromatic heterocycles. The molecule has 0 spiro atoms. The lowest BCUT2D eigenvalue weighted by Gasteiger charge is -2.25. The molecule has 2 aliphatic rings. The van der Waals surface area contributed by atoms with Gasteiger partial charge in [-0.3, -0.25) is 9.36 Å². The summed E-state index contributed by atoms with van der Waals surface area (Å²) < 4.78 is 19.7. The first-order valence-electron chi connectivity index (χ1n) is 12.2. The van der Waals surface area contributed by atoms with Crippen LogP contribution in [0.1, 0.15) is 46.5 Å². The van der Waals surface area contributed by atoms with E-state index in [1.54, 1.807) is 6.07 Å². The largest absolute Gasteiger partial charge is 0.485 e. The molecule has 37 heavy (non-hydrogen) atoms. The van der Waals surface area contributed by atoms with Crippen molar-refractivity contribution in [3.05, 3.63) is 100 Å². The second kappa shape index (κ2) is 10.3. The lowest BCUT2D eigenvalue weighted by molar-refractivity contribution is 0.0717. The minimum absolute atomic E-state index is 0.0100. The van der Waals surface area contributed by atoms with Crippen LogP contribution in [0.5, 0.6) is 17.2 Å². The Hall–Kier alpha value is -3.85. The third kappa shape index (κ3) is 4.91. The van der Waals surface area contributed by atoms with Crippen LogP contribution in [0, 0.1) is 0 Å². The van der Waals surface area contributed by atoms with Crippen LogP contribution in [0.2, 0.25) is 0 Å². The second-order valence-corrected chi connectivity index (χ2v) is 9.94. The van der Waals surface area contributed by atoms with E-state index >= 15 is 0 Å². The molecule has 0 radical (unpaired) electrons. The number of ether oxygens (including phenoxy) is 3. The fraction of sp³-hybridized carbons (Fsp3) is 0.250. The summed E-state index contributed by atoms with van der Waals surface area (Å²) in [5.74, 6) is 2.73. The molecule has 2 aliphatic heterocycles. The molecule has 3 aromatic carbocycles. The lowest BCUT2D eigenvalue weighted by atomic mass is 10.0. The molecule has 1 saturated heterocycles. The molecule has 0 saturated carbocycles. The van der Waals surface area contributed by atoms with Gasteiger partial charge in [0.15, 0.2) is 17.3 Å². The first-order valence-corrected chi connectivity index (χ1v) is 13.0. The lowest BCUT2D eigenvalue weighted by Crippen LogP contribution is -2.33. The molecule has 0 N–H and O–H groups in total. The number of amides is 1. The second-order valence-electron chi connectivity index (χ2n) is 9.02. The minimum atomic E-state index is -0.122. The van der Waals surface area contributed by atoms with Crippen molar-refractivity contribution in [2.24, 2.45) is 0 Å². The molecule has 1 fully saturated rings. The summed E-state index contributed by atoms with van der Waals surface area (Å²) in [6.07, 6.45) is 1.86. The summed E-state index contributed by atoms with van der Waals surface area (Å²) in [7, 11) is 0. The van der Waals surface area contributed by atoms with Gasteiger partial charge in [-0.25, -0.2) is 0 Å². The Morgan fingerprint density at radius 1 is 1.00 bits per heavy atom. The first kappa shape index (κ1) is 23.5. The van der Waals surface area contributed by atoms with Crippen molar-refractivity contribution in [2.75, 3.05) is 13.3 Å². The highest BCUT2D eigenvalue weighted by atomic mass is 79.9. The van der Waals surface area contributed by atoms with Crippen molar-refractivity contribution in [3.8, 4) is 17.2 Å². The van der Waals surface area contributed by atoms with E-state index < -0.39 is 0 Å². The van der Waals surface area contributed by atoms with Gasteiger partial charge in [-0.1, -0.05) is 58.4 Å². The standard InChI is InChI=1S/C28H25BrN4O4/c29-21-10-8-20(9-11-21)23-7-4-14-32(23)28(34)27-31-30-26(33(27)16-19-5-2-1-3-6-19)17-35-22-12-13-24-25(15-22)37-18-36-24/h1-3,5-6,8-13,15,23H,4,7,14,16-18H2/t23-/m1/s1. The maximum atomic E-state index is 13.8. The van der Waals surface area contributed by atoms with Crippen molar-refractivity contribution in [3.63, 3.8) is 0 Å². The molecule has 4 aromatic rings. The van der Waals surface area contributed by atoms with Gasteiger partial charge in [0.05, 0.1) is 12.6 Å². The summed E-state index contributed by atoms with van der Waals surface area (Å²) in [5.41, 5.74) is 2.17. The molecule has 0 aliphatic carbocycles. The van der Waals surface area contributed by atoms with Gasteiger partial charge in [0.25, 0.3) is 5.91 Å². The van der Waals surface area contributed by atoms with Crippen LogP contribution in [0.25, 0.3) is 0 Å². The maximum Gasteiger partial charge on any atom is 0.292 e. The van der Waals surface area contributed by atoms with E-state index in [1.165, 1.54) is 0 Å². The van der Waals surface area contributed by atoms with Gasteiger partial charge < -0.3 is 19.1 Å². The highest BCUT2D eigenvalue weighted by molar-refractivity contribution is 9.10. The fourth-order valence-corrected chi connectivity index (χ4v) is 5.08. The number of hydrogen-bond acceptors (Lipinski definition) is 6. The zero-order valence-corrected chi connectivity index (χ0v) is 21.6. The molecular formula is C28H25BrN4O4. The molecule has 8 nitrogen and oxygen atoms in total. The smallest absolute Gasteiger partial charge is 0.292 e. The summed E-state index contributed by atoms with van der Waals surface area (Å²) in [5, 5.41) is 8.74. The van der Waals surface area contributed by atoms with Gasteiger partial charge in [-0.05, 0) is 48.2 Å². The molecule has 0 bridgehead atoms. The number of aromatic nitrogens is 3. The summed E-state index contributed by atoms with van der Waals surface area (Å²) >= 11 is 3.50. The number of rotatable bonds is 7. The van der Waals surface area contributed by atoms with Crippen LogP contribution in [0.15, 0.2) is 77.3 Å². The van der Waals surface area contributed by atoms with E-state index in [0.717, 1.165) is 28.4 Å². The topological polar surface area (TPSA) is 78.7 Å². The Labute approximate surface area is 222 Å². The molecule has 3 heterocycles. The van der Waals surface area contributed by atoms with Crippen molar-refractivity contribution in [1.29, 1.82) is 0 Å². The Balaban J connectivity index is 1.28. The average molecular weight is 561 g/mol. The molecular weight excluding hydrogens is 536 g/mol. The zero-order valence-electron chi connectivity index (χ0n) is 20.0. The van der Waals surface area contributed by atoms with Crippen LogP contribution in [0.4, 0.5) is 0 Å². The number of fused-ring (bicyclic) bond motifs is 1. The van der Waals surface area contributed by atoms with Crippen LogP contribution in [0.3, 0.4) is 0 Å². The molecule has 6 rings (SSSR count). The third-order valence-electron chi connectivity index (χ3n) is 6.68. The van der Waals surface area contributed by atoms with Crippen LogP contribution >= 0.6 is 15.9 Å². The van der Waals surface area contributed by atoms with E-state index in [9.17, 15) is 4.79 Å². The number of nitrogens with zero attached hydrogens (tertiary/aromatic N) is 4. The predicted octanol–water partition coefficient (Wildman–Crippen LogP) is 5.37. The van der Waals surface area contributed by atoms with Gasteiger partial charge >= 0.3 is 0 Å². The number of carbonyl (C=O) groups excluding carboxylic acids is 1. The van der Waals surface area contributed by atoms with Crippen LogP contribution in [-0.2, 0) is 13.2 Å². The first-order chi connectivity index (χ1) is 18.2. The normalized spacial score (nSPS) is 16.2. The predicted molar refractivity (Wildman–Crippen MR) is 140 cm³/mol. The van der Waals surface area contributed by atoms with E-state index in [2.05, 4.69) is 38.3 Å². The van der Waals surface area contributed by atoms with E-state index in [4.69, 9.17) is 14.2 Å². The number of likely N-dealkylation sites (tertiary alicyclic amines) is 1. The van der Waals surface area contributed by atoms with Crippen molar-refractivity contribution >= 4 is 21.8 Å². The number of carbonyl (C=O) groups is 1. The number of hydrogen-bond donors (Lipinski definition) is 0. The Morgan fingerprint density at radius 3 is 2.65 bits per heavy atom. The van der Waals surface area contributed by atoms with Crippen molar-refractivity contribution in [2.45, 2.75) is 32.0 Å². The number of benzene rings is 3. The average Bonchev–Trinajstić information content (AvgIpc) is 3.68. The van der Waals surface area contributed by atoms with Gasteiger partial charge in [0.1, 0.15) is 12.4 Å². The van der Waals surface area contributed by atoms with Crippen molar-refractivity contribution in [1.82, 2.24) is 19.7 Å². The molecule has 9 heteroatoms. The number of halogens is 1. The molecule has 188 valence electrons. The van der Waals surface area contributed by atoms with E-state index in [0.29, 0.717) is 42.0 Å². The SMILES string of the molecule is O=C(c1nnc(COc2ccc3c(c2)OCO3)n1Cc1ccccc1)N1CCC[C@@H]1c1ccc(Br)cc1. The Bertz CT molecular complexity index is 1410. The molecule has 1 amide bonds. The third-order valence-corrected chi connectivity index (χ3v) is 7.21. The highest BCUT2D eigenvalue weighted by Crippen LogP contribution is 2.36. The fourth-order valence-electron chi connectivity index (χ4n) is 4.82. The van der Waals surface area contributed by atoms with Gasteiger partial charge in [0.2, 0.25) is 12.6 Å². The van der Waals surface area contributed by atoms with Crippen LogP contribution in [-0.4, -0.2) is 38.9 Å². The maximum absolute atomic E-state index is 13.8.